The Hall–Kier alpha value is -2.42. The Bertz CT molecular complexity index is 703. The van der Waals surface area contributed by atoms with Crippen LogP contribution in [-0.4, -0.2) is 34.4 Å². The van der Waals surface area contributed by atoms with Gasteiger partial charge in [0.05, 0.1) is 5.75 Å². The van der Waals surface area contributed by atoms with Crippen molar-refractivity contribution in [2.24, 2.45) is 5.92 Å². The number of nitrogens with one attached hydrogen (secondary N) is 2. The molecule has 0 aliphatic rings. The highest BCUT2D eigenvalue weighted by atomic mass is 32.2. The van der Waals surface area contributed by atoms with Gasteiger partial charge in [-0.1, -0.05) is 25.6 Å². The van der Waals surface area contributed by atoms with E-state index in [2.05, 4.69) is 20.8 Å². The number of hydrogen-bond donors (Lipinski definition) is 2. The molecule has 0 spiro atoms. The van der Waals surface area contributed by atoms with Crippen LogP contribution in [0.4, 0.5) is 9.18 Å². The summed E-state index contributed by atoms with van der Waals surface area (Å²) in [4.78, 5) is 23.1. The average Bonchev–Trinajstić information content (AvgIpc) is 3.00. The average molecular weight is 352 g/mol. The zero-order valence-electron chi connectivity index (χ0n) is 13.2. The standard InChI is InChI=1S/C15H17FN4O3S/c1-9(2)7-17-14(22)18-12(21)8-24-15-20-19-13(23-15)10-3-5-11(16)6-4-10/h3-6,9H,7-8H2,1-2H3,(H2,17,18,21,22). The summed E-state index contributed by atoms with van der Waals surface area (Å²) in [6, 6.07) is 5.07. The van der Waals surface area contributed by atoms with Gasteiger partial charge in [-0.2, -0.15) is 0 Å². The van der Waals surface area contributed by atoms with E-state index in [-0.39, 0.29) is 22.7 Å². The Morgan fingerprint density at radius 3 is 2.62 bits per heavy atom. The largest absolute Gasteiger partial charge is 0.411 e. The van der Waals surface area contributed by atoms with Crippen molar-refractivity contribution >= 4 is 23.7 Å². The minimum atomic E-state index is -0.535. The maximum atomic E-state index is 12.9. The molecule has 128 valence electrons. The van der Waals surface area contributed by atoms with Gasteiger partial charge in [0.25, 0.3) is 5.22 Å². The van der Waals surface area contributed by atoms with Gasteiger partial charge in [0.15, 0.2) is 0 Å². The van der Waals surface area contributed by atoms with Crippen LogP contribution in [0.1, 0.15) is 13.8 Å². The van der Waals surface area contributed by atoms with Crippen molar-refractivity contribution in [2.45, 2.75) is 19.1 Å². The van der Waals surface area contributed by atoms with Gasteiger partial charge in [-0.25, -0.2) is 9.18 Å². The number of nitrogens with zero attached hydrogens (tertiary/aromatic N) is 2. The van der Waals surface area contributed by atoms with Gasteiger partial charge in [0, 0.05) is 12.1 Å². The van der Waals surface area contributed by atoms with E-state index in [1.54, 1.807) is 0 Å². The van der Waals surface area contributed by atoms with Crippen LogP contribution in [0.3, 0.4) is 0 Å². The number of aromatic nitrogens is 2. The lowest BCUT2D eigenvalue weighted by Crippen LogP contribution is -2.41. The molecule has 0 atom stereocenters. The second kappa shape index (κ2) is 8.44. The molecule has 1 aromatic heterocycles. The first-order valence-corrected chi connectivity index (χ1v) is 8.22. The Kier molecular flexibility index (Phi) is 6.30. The van der Waals surface area contributed by atoms with Crippen molar-refractivity contribution in [1.29, 1.82) is 0 Å². The van der Waals surface area contributed by atoms with Crippen molar-refractivity contribution in [1.82, 2.24) is 20.8 Å². The van der Waals surface area contributed by atoms with E-state index in [0.717, 1.165) is 11.8 Å². The maximum absolute atomic E-state index is 12.9. The summed E-state index contributed by atoms with van der Waals surface area (Å²) in [7, 11) is 0. The topological polar surface area (TPSA) is 97.1 Å². The van der Waals surface area contributed by atoms with Crippen LogP contribution < -0.4 is 10.6 Å². The highest BCUT2D eigenvalue weighted by molar-refractivity contribution is 7.99. The monoisotopic (exact) mass is 352 g/mol. The SMILES string of the molecule is CC(C)CNC(=O)NC(=O)CSc1nnc(-c2ccc(F)cc2)o1. The number of halogens is 1. The Morgan fingerprint density at radius 1 is 1.25 bits per heavy atom. The third-order valence-electron chi connectivity index (χ3n) is 2.75. The Labute approximate surface area is 142 Å². The molecule has 24 heavy (non-hydrogen) atoms. The van der Waals surface area contributed by atoms with Gasteiger partial charge in [0.1, 0.15) is 5.82 Å². The number of carbonyl (C=O) groups excluding carboxylic acids is 2. The van der Waals surface area contributed by atoms with E-state index in [9.17, 15) is 14.0 Å². The van der Waals surface area contributed by atoms with Crippen molar-refractivity contribution in [3.8, 4) is 11.5 Å². The molecule has 0 fully saturated rings. The number of imide groups is 1. The molecule has 9 heteroatoms. The number of rotatable bonds is 6. The molecule has 0 unspecified atom stereocenters. The molecular formula is C15H17FN4O3S. The predicted molar refractivity (Wildman–Crippen MR) is 86.8 cm³/mol. The molecule has 1 aromatic carbocycles. The maximum Gasteiger partial charge on any atom is 0.321 e. The van der Waals surface area contributed by atoms with Gasteiger partial charge in [0.2, 0.25) is 11.8 Å². The number of amides is 3. The minimum Gasteiger partial charge on any atom is -0.411 e. The van der Waals surface area contributed by atoms with E-state index >= 15 is 0 Å². The lowest BCUT2D eigenvalue weighted by atomic mass is 10.2. The molecule has 0 bridgehead atoms. The molecule has 2 aromatic rings. The van der Waals surface area contributed by atoms with Crippen LogP contribution >= 0.6 is 11.8 Å². The first-order valence-electron chi connectivity index (χ1n) is 7.24. The van der Waals surface area contributed by atoms with Crippen molar-refractivity contribution in [2.75, 3.05) is 12.3 Å². The molecule has 2 N–H and O–H groups in total. The van der Waals surface area contributed by atoms with Gasteiger partial charge in [-0.05, 0) is 30.2 Å². The van der Waals surface area contributed by atoms with Gasteiger partial charge >= 0.3 is 6.03 Å². The molecular weight excluding hydrogens is 335 g/mol. The van der Waals surface area contributed by atoms with E-state index < -0.39 is 11.9 Å². The third kappa shape index (κ3) is 5.65. The predicted octanol–water partition coefficient (Wildman–Crippen LogP) is 2.45. The number of carbonyl (C=O) groups is 2. The number of hydrogen-bond acceptors (Lipinski definition) is 6. The minimum absolute atomic E-state index is 0.0415. The molecule has 1 heterocycles. The fourth-order valence-electron chi connectivity index (χ4n) is 1.61. The quantitative estimate of drug-likeness (QED) is 0.775. The zero-order valence-corrected chi connectivity index (χ0v) is 14.0. The lowest BCUT2D eigenvalue weighted by molar-refractivity contribution is -0.117. The summed E-state index contributed by atoms with van der Waals surface area (Å²) < 4.78 is 18.3. The first-order chi connectivity index (χ1) is 11.4. The zero-order chi connectivity index (χ0) is 17.5. The van der Waals surface area contributed by atoms with Gasteiger partial charge in [-0.3, -0.25) is 10.1 Å². The van der Waals surface area contributed by atoms with Gasteiger partial charge < -0.3 is 9.73 Å². The molecule has 0 saturated heterocycles. The van der Waals surface area contributed by atoms with Crippen LogP contribution in [0.5, 0.6) is 0 Å². The van der Waals surface area contributed by atoms with E-state index in [4.69, 9.17) is 4.42 Å². The fourth-order valence-corrected chi connectivity index (χ4v) is 2.17. The first kappa shape index (κ1) is 17.9. The summed E-state index contributed by atoms with van der Waals surface area (Å²) in [5.41, 5.74) is 0.577. The van der Waals surface area contributed by atoms with Crippen molar-refractivity contribution in [3.63, 3.8) is 0 Å². The lowest BCUT2D eigenvalue weighted by Gasteiger charge is -2.07. The van der Waals surface area contributed by atoms with Crippen LogP contribution in [0.2, 0.25) is 0 Å². The van der Waals surface area contributed by atoms with Crippen LogP contribution in [0.15, 0.2) is 33.9 Å². The fraction of sp³-hybridized carbons (Fsp3) is 0.333. The Morgan fingerprint density at radius 2 is 1.96 bits per heavy atom. The van der Waals surface area contributed by atoms with Gasteiger partial charge in [-0.15, -0.1) is 10.2 Å². The summed E-state index contributed by atoms with van der Waals surface area (Å²) in [5.74, 6) is -0.348. The number of benzene rings is 1. The molecule has 0 radical (unpaired) electrons. The van der Waals surface area contributed by atoms with E-state index in [1.807, 2.05) is 13.8 Å². The van der Waals surface area contributed by atoms with Crippen molar-refractivity contribution < 1.29 is 18.4 Å². The van der Waals surface area contributed by atoms with Crippen LogP contribution in [0.25, 0.3) is 11.5 Å². The summed E-state index contributed by atoms with van der Waals surface area (Å²) >= 11 is 1.01. The summed E-state index contributed by atoms with van der Waals surface area (Å²) in [5, 5.41) is 12.6. The van der Waals surface area contributed by atoms with Crippen molar-refractivity contribution in [3.05, 3.63) is 30.1 Å². The van der Waals surface area contributed by atoms with Crippen LogP contribution in [0, 0.1) is 11.7 Å². The van der Waals surface area contributed by atoms with E-state index in [1.165, 1.54) is 24.3 Å². The smallest absolute Gasteiger partial charge is 0.321 e. The normalized spacial score (nSPS) is 10.7. The highest BCUT2D eigenvalue weighted by Crippen LogP contribution is 2.23. The van der Waals surface area contributed by atoms with E-state index in [0.29, 0.717) is 18.0 Å². The number of urea groups is 1. The molecule has 2 rings (SSSR count). The highest BCUT2D eigenvalue weighted by Gasteiger charge is 2.13. The van der Waals surface area contributed by atoms with Crippen LogP contribution in [-0.2, 0) is 4.79 Å². The Balaban J connectivity index is 1.81. The number of thioether (sulfide) groups is 1. The molecule has 0 aliphatic carbocycles. The molecule has 0 aliphatic heterocycles. The summed E-state index contributed by atoms with van der Waals surface area (Å²) in [6.45, 7) is 4.38. The molecule has 7 nitrogen and oxygen atoms in total. The third-order valence-corrected chi connectivity index (χ3v) is 3.57. The second-order valence-electron chi connectivity index (χ2n) is 5.32. The molecule has 3 amide bonds. The molecule has 0 saturated carbocycles. The summed E-state index contributed by atoms with van der Waals surface area (Å²) in [6.07, 6.45) is 0. The second-order valence-corrected chi connectivity index (χ2v) is 6.25.